The average Bonchev–Trinajstić information content (AvgIpc) is 2.87. The van der Waals surface area contributed by atoms with Gasteiger partial charge in [-0.05, 0) is 62.8 Å². The van der Waals surface area contributed by atoms with Gasteiger partial charge >= 0.3 is 0 Å². The minimum atomic E-state index is -0.121. The molecule has 1 atom stereocenters. The first-order valence-corrected chi connectivity index (χ1v) is 12.9. The molecule has 3 aromatic rings. The van der Waals surface area contributed by atoms with Gasteiger partial charge in [0.1, 0.15) is 35.2 Å². The molecule has 0 radical (unpaired) electrons. The van der Waals surface area contributed by atoms with Crippen molar-refractivity contribution in [1.29, 1.82) is 0 Å². The van der Waals surface area contributed by atoms with E-state index >= 15 is 0 Å². The number of fused-ring (bicyclic) bond motifs is 3. The molecule has 0 amide bonds. The van der Waals surface area contributed by atoms with E-state index < -0.39 is 0 Å². The normalized spacial score (nSPS) is 18.0. The van der Waals surface area contributed by atoms with Crippen LogP contribution in [0.4, 0.5) is 0 Å². The lowest BCUT2D eigenvalue weighted by molar-refractivity contribution is 0.0826. The number of benzene rings is 3. The van der Waals surface area contributed by atoms with Crippen LogP contribution in [0, 0.1) is 0 Å². The van der Waals surface area contributed by atoms with E-state index in [2.05, 4.69) is 57.2 Å². The zero-order chi connectivity index (χ0) is 24.3. The van der Waals surface area contributed by atoms with Gasteiger partial charge in [0.25, 0.3) is 0 Å². The third-order valence-electron chi connectivity index (χ3n) is 6.99. The Morgan fingerprint density at radius 3 is 2.69 bits per heavy atom. The zero-order valence-electron chi connectivity index (χ0n) is 21.1. The van der Waals surface area contributed by atoms with Crippen LogP contribution in [0.15, 0.2) is 60.7 Å². The van der Waals surface area contributed by atoms with Crippen LogP contribution in [0.5, 0.6) is 23.0 Å². The Morgan fingerprint density at radius 2 is 1.86 bits per heavy atom. The molecule has 0 saturated heterocycles. The smallest absolute Gasteiger partial charge is 0.129 e. The molecular formula is C31H36O4. The molecule has 0 N–H and O–H groups in total. The second-order valence-corrected chi connectivity index (χ2v) is 10.3. The first kappa shape index (κ1) is 23.6. The number of ether oxygens (including phenoxy) is 4. The molecule has 0 aromatic heterocycles. The summed E-state index contributed by atoms with van der Waals surface area (Å²) in [5.74, 6) is 3.95. The quantitative estimate of drug-likeness (QED) is 0.323. The lowest BCUT2D eigenvalue weighted by Crippen LogP contribution is -2.33. The largest absolute Gasteiger partial charge is 0.493 e. The number of hydrogen-bond acceptors (Lipinski definition) is 4. The van der Waals surface area contributed by atoms with Crippen molar-refractivity contribution in [2.75, 3.05) is 13.2 Å². The fourth-order valence-corrected chi connectivity index (χ4v) is 4.95. The first-order chi connectivity index (χ1) is 17.0. The van der Waals surface area contributed by atoms with Crippen LogP contribution >= 0.6 is 0 Å². The summed E-state index contributed by atoms with van der Waals surface area (Å²) in [6.07, 6.45) is 5.07. The highest BCUT2D eigenvalue weighted by Crippen LogP contribution is 2.45. The molecule has 184 valence electrons. The summed E-state index contributed by atoms with van der Waals surface area (Å²) >= 11 is 0. The fraction of sp³-hybridized carbons (Fsp3) is 0.419. The molecule has 2 aliphatic rings. The van der Waals surface area contributed by atoms with Crippen molar-refractivity contribution in [2.45, 2.75) is 71.0 Å². The van der Waals surface area contributed by atoms with Crippen LogP contribution < -0.4 is 18.9 Å². The Morgan fingerprint density at radius 1 is 1.00 bits per heavy atom. The molecule has 0 bridgehead atoms. The molecule has 5 rings (SSSR count). The number of rotatable bonds is 8. The maximum Gasteiger partial charge on any atom is 0.129 e. The van der Waals surface area contributed by atoms with Crippen molar-refractivity contribution in [3.63, 3.8) is 0 Å². The lowest BCUT2D eigenvalue weighted by atomic mass is 9.86. The van der Waals surface area contributed by atoms with Crippen LogP contribution in [0.25, 0.3) is 0 Å². The second-order valence-electron chi connectivity index (χ2n) is 10.3. The Hall–Kier alpha value is -3.14. The maximum absolute atomic E-state index is 6.42. The van der Waals surface area contributed by atoms with Gasteiger partial charge in [0, 0.05) is 23.1 Å². The molecule has 0 saturated carbocycles. The van der Waals surface area contributed by atoms with Gasteiger partial charge in [-0.15, -0.1) is 0 Å². The first-order valence-electron chi connectivity index (χ1n) is 12.9. The molecule has 0 aliphatic carbocycles. The van der Waals surface area contributed by atoms with Crippen molar-refractivity contribution in [2.24, 2.45) is 0 Å². The molecule has 3 aromatic carbocycles. The van der Waals surface area contributed by atoms with Gasteiger partial charge in [-0.1, -0.05) is 55.8 Å². The van der Waals surface area contributed by atoms with Crippen molar-refractivity contribution in [1.82, 2.24) is 0 Å². The van der Waals surface area contributed by atoms with Crippen LogP contribution in [0.3, 0.4) is 0 Å². The predicted octanol–water partition coefficient (Wildman–Crippen LogP) is 7.27. The van der Waals surface area contributed by atoms with Gasteiger partial charge in [-0.3, -0.25) is 0 Å². The van der Waals surface area contributed by atoms with Crippen LogP contribution in [-0.2, 0) is 19.4 Å². The molecule has 2 heterocycles. The summed E-state index contributed by atoms with van der Waals surface area (Å²) in [5.41, 5.74) is 4.67. The van der Waals surface area contributed by atoms with E-state index in [0.29, 0.717) is 13.2 Å². The highest BCUT2D eigenvalue weighted by Gasteiger charge is 2.32. The third kappa shape index (κ3) is 5.42. The molecule has 4 nitrogen and oxygen atoms in total. The zero-order valence-corrected chi connectivity index (χ0v) is 21.1. The molecule has 2 aliphatic heterocycles. The van der Waals surface area contributed by atoms with E-state index in [1.165, 1.54) is 16.7 Å². The molecule has 0 spiro atoms. The van der Waals surface area contributed by atoms with E-state index in [1.54, 1.807) is 0 Å². The summed E-state index contributed by atoms with van der Waals surface area (Å²) in [6, 6.07) is 20.9. The van der Waals surface area contributed by atoms with Gasteiger partial charge in [0.2, 0.25) is 0 Å². The number of hydrogen-bond donors (Lipinski definition) is 0. The summed E-state index contributed by atoms with van der Waals surface area (Å²) in [5, 5.41) is 0. The standard InChI is InChI=1S/C31H36O4/c1-4-5-17-32-25-12-13-26(29(19-25)33-20-22-9-7-6-8-10-22)24-18-23-11-14-28-27(30(23)34-21-24)15-16-31(2,3)35-28/h6-14,19,24H,4-5,15-18,20-21H2,1-3H3/t24-/m0/s1. The summed E-state index contributed by atoms with van der Waals surface area (Å²) in [4.78, 5) is 0. The average molecular weight is 473 g/mol. The molecular weight excluding hydrogens is 436 g/mol. The van der Waals surface area contributed by atoms with Crippen molar-refractivity contribution in [3.8, 4) is 23.0 Å². The predicted molar refractivity (Wildman–Crippen MR) is 139 cm³/mol. The van der Waals surface area contributed by atoms with E-state index in [-0.39, 0.29) is 11.5 Å². The highest BCUT2D eigenvalue weighted by atomic mass is 16.5. The highest BCUT2D eigenvalue weighted by molar-refractivity contribution is 5.54. The summed E-state index contributed by atoms with van der Waals surface area (Å²) in [7, 11) is 0. The third-order valence-corrected chi connectivity index (χ3v) is 6.99. The van der Waals surface area contributed by atoms with E-state index in [4.69, 9.17) is 18.9 Å². The van der Waals surface area contributed by atoms with Gasteiger partial charge in [0.15, 0.2) is 0 Å². The van der Waals surface area contributed by atoms with Crippen LogP contribution in [0.1, 0.15) is 68.2 Å². The van der Waals surface area contributed by atoms with Crippen molar-refractivity contribution < 1.29 is 18.9 Å². The molecule has 35 heavy (non-hydrogen) atoms. The topological polar surface area (TPSA) is 36.9 Å². The van der Waals surface area contributed by atoms with Crippen LogP contribution in [0.2, 0.25) is 0 Å². The van der Waals surface area contributed by atoms with E-state index in [1.807, 2.05) is 24.3 Å². The molecule has 4 heteroatoms. The molecule has 0 unspecified atom stereocenters. The lowest BCUT2D eigenvalue weighted by Gasteiger charge is -2.36. The second kappa shape index (κ2) is 10.2. The maximum atomic E-state index is 6.42. The Labute approximate surface area is 209 Å². The fourth-order valence-electron chi connectivity index (χ4n) is 4.95. The SMILES string of the molecule is CCCCOc1ccc([C@@H]2COc3c(ccc4c3CCC(C)(C)O4)C2)c(OCc2ccccc2)c1. The minimum absolute atomic E-state index is 0.121. The Bertz CT molecular complexity index is 1150. The van der Waals surface area contributed by atoms with Gasteiger partial charge in [0.05, 0.1) is 13.2 Å². The van der Waals surface area contributed by atoms with E-state index in [9.17, 15) is 0 Å². The van der Waals surface area contributed by atoms with E-state index in [0.717, 1.165) is 67.3 Å². The number of unbranched alkanes of at least 4 members (excludes halogenated alkanes) is 1. The van der Waals surface area contributed by atoms with Crippen molar-refractivity contribution in [3.05, 3.63) is 82.9 Å². The summed E-state index contributed by atoms with van der Waals surface area (Å²) in [6.45, 7) is 8.35. The summed E-state index contributed by atoms with van der Waals surface area (Å²) < 4.78 is 25.0. The Kier molecular flexibility index (Phi) is 6.90. The van der Waals surface area contributed by atoms with Crippen molar-refractivity contribution >= 4 is 0 Å². The van der Waals surface area contributed by atoms with Crippen LogP contribution in [-0.4, -0.2) is 18.8 Å². The minimum Gasteiger partial charge on any atom is -0.493 e. The van der Waals surface area contributed by atoms with Gasteiger partial charge < -0.3 is 18.9 Å². The Balaban J connectivity index is 1.38. The molecule has 0 fully saturated rings. The van der Waals surface area contributed by atoms with Gasteiger partial charge in [-0.2, -0.15) is 0 Å². The monoisotopic (exact) mass is 472 g/mol. The van der Waals surface area contributed by atoms with Gasteiger partial charge in [-0.25, -0.2) is 0 Å².